The fourth-order valence-corrected chi connectivity index (χ4v) is 7.01. The SMILES string of the molecule is CN1C=CN(c2ccc3c4ccc(N5C=CN(C)C5)cc4n(-c4cc(N5C=CN(C)C5)c(N(C)C)c(N5C=CN(C)C5)c4)c3c2)C1. The Morgan fingerprint density at radius 2 is 0.848 bits per heavy atom. The van der Waals surface area contributed by atoms with Crippen LogP contribution in [0.25, 0.3) is 27.5 Å². The van der Waals surface area contributed by atoms with Crippen molar-refractivity contribution in [3.63, 3.8) is 0 Å². The molecule has 0 fully saturated rings. The second kappa shape index (κ2) is 10.6. The average Bonchev–Trinajstić information content (AvgIpc) is 3.88. The van der Waals surface area contributed by atoms with Gasteiger partial charge in [0.2, 0.25) is 0 Å². The van der Waals surface area contributed by atoms with Gasteiger partial charge < -0.3 is 48.7 Å². The Kier molecular flexibility index (Phi) is 6.49. The fraction of sp³-hybridized carbons (Fsp3) is 0.278. The van der Waals surface area contributed by atoms with Crippen LogP contribution in [0.1, 0.15) is 0 Å². The van der Waals surface area contributed by atoms with E-state index in [1.807, 2.05) is 0 Å². The van der Waals surface area contributed by atoms with E-state index < -0.39 is 0 Å². The molecule has 0 radical (unpaired) electrons. The number of rotatable bonds is 6. The van der Waals surface area contributed by atoms with Gasteiger partial charge in [0, 0.05) is 114 Å². The maximum atomic E-state index is 2.48. The molecule has 4 aliphatic heterocycles. The summed E-state index contributed by atoms with van der Waals surface area (Å²) < 4.78 is 2.48. The Morgan fingerprint density at radius 1 is 0.457 bits per heavy atom. The number of hydrogen-bond donors (Lipinski definition) is 0. The lowest BCUT2D eigenvalue weighted by Gasteiger charge is -2.31. The standard InChI is InChI=1S/C36H42N10/c1-37(2)36-34(44-17-13-40(5)25-44)21-29(22-35(36)45-18-14-41(6)26-45)46-32-19-27(42-15-11-38(3)23-42)7-9-30(32)31-10-8-28(20-33(31)46)43-16-12-39(4)24-43/h7-22H,23-26H2,1-6H3. The van der Waals surface area contributed by atoms with Crippen molar-refractivity contribution in [3.8, 4) is 5.69 Å². The summed E-state index contributed by atoms with van der Waals surface area (Å²) >= 11 is 0. The molecule has 3 aromatic carbocycles. The maximum absolute atomic E-state index is 2.48. The normalized spacial score (nSPS) is 17.6. The van der Waals surface area contributed by atoms with Gasteiger partial charge in [-0.05, 0) is 36.4 Å². The van der Waals surface area contributed by atoms with Crippen molar-refractivity contribution in [1.82, 2.24) is 24.2 Å². The van der Waals surface area contributed by atoms with Crippen LogP contribution < -0.4 is 24.5 Å². The van der Waals surface area contributed by atoms with Crippen LogP contribution in [-0.2, 0) is 0 Å². The highest BCUT2D eigenvalue weighted by molar-refractivity contribution is 6.11. The lowest BCUT2D eigenvalue weighted by Crippen LogP contribution is -2.27. The summed E-state index contributed by atoms with van der Waals surface area (Å²) in [5.41, 5.74) is 9.44. The van der Waals surface area contributed by atoms with Gasteiger partial charge in [-0.3, -0.25) is 0 Å². The highest BCUT2D eigenvalue weighted by Gasteiger charge is 2.26. The van der Waals surface area contributed by atoms with Crippen LogP contribution in [0.4, 0.5) is 28.4 Å². The zero-order chi connectivity index (χ0) is 31.7. The first kappa shape index (κ1) is 28.1. The molecule has 0 unspecified atom stereocenters. The van der Waals surface area contributed by atoms with Crippen molar-refractivity contribution in [2.75, 3.05) is 93.5 Å². The third-order valence-corrected chi connectivity index (χ3v) is 9.28. The maximum Gasteiger partial charge on any atom is 0.0939 e. The summed E-state index contributed by atoms with van der Waals surface area (Å²) in [4.78, 5) is 20.4. The van der Waals surface area contributed by atoms with Crippen LogP contribution in [0.5, 0.6) is 0 Å². The number of anilines is 5. The van der Waals surface area contributed by atoms with Gasteiger partial charge in [0.25, 0.3) is 0 Å². The van der Waals surface area contributed by atoms with E-state index in [4.69, 9.17) is 0 Å². The minimum atomic E-state index is 0.796. The summed E-state index contributed by atoms with van der Waals surface area (Å²) in [6.07, 6.45) is 17.3. The Balaban J connectivity index is 1.40. The smallest absolute Gasteiger partial charge is 0.0939 e. The Bertz CT molecular complexity index is 1820. The fourth-order valence-electron chi connectivity index (χ4n) is 7.01. The first-order chi connectivity index (χ1) is 22.2. The van der Waals surface area contributed by atoms with Crippen molar-refractivity contribution >= 4 is 50.2 Å². The van der Waals surface area contributed by atoms with E-state index in [1.165, 1.54) is 50.2 Å². The largest absolute Gasteiger partial charge is 0.374 e. The van der Waals surface area contributed by atoms with Crippen LogP contribution >= 0.6 is 0 Å². The highest BCUT2D eigenvalue weighted by Crippen LogP contribution is 2.45. The predicted octanol–water partition coefficient (Wildman–Crippen LogP) is 5.57. The summed E-state index contributed by atoms with van der Waals surface area (Å²) in [5.74, 6) is 0. The van der Waals surface area contributed by atoms with E-state index in [0.29, 0.717) is 0 Å². The van der Waals surface area contributed by atoms with Gasteiger partial charge in [0.1, 0.15) is 0 Å². The molecule has 4 aliphatic rings. The third-order valence-electron chi connectivity index (χ3n) is 9.28. The van der Waals surface area contributed by atoms with E-state index >= 15 is 0 Å². The molecule has 5 heterocycles. The molecule has 0 saturated carbocycles. The van der Waals surface area contributed by atoms with E-state index in [-0.39, 0.29) is 0 Å². The van der Waals surface area contributed by atoms with Gasteiger partial charge in [-0.25, -0.2) is 0 Å². The summed E-state index contributed by atoms with van der Waals surface area (Å²) in [6, 6.07) is 18.6. The molecule has 0 spiro atoms. The van der Waals surface area contributed by atoms with Crippen molar-refractivity contribution in [3.05, 3.63) is 98.1 Å². The molecular weight excluding hydrogens is 572 g/mol. The second-order valence-electron chi connectivity index (χ2n) is 13.1. The van der Waals surface area contributed by atoms with Gasteiger partial charge >= 0.3 is 0 Å². The number of benzene rings is 3. The van der Waals surface area contributed by atoms with Gasteiger partial charge in [-0.1, -0.05) is 12.1 Å². The molecule has 0 bridgehead atoms. The van der Waals surface area contributed by atoms with Crippen molar-refractivity contribution in [1.29, 1.82) is 0 Å². The van der Waals surface area contributed by atoms with Crippen LogP contribution in [0.3, 0.4) is 0 Å². The van der Waals surface area contributed by atoms with Crippen molar-refractivity contribution in [2.45, 2.75) is 0 Å². The first-order valence-corrected chi connectivity index (χ1v) is 15.8. The van der Waals surface area contributed by atoms with Crippen LogP contribution in [0.15, 0.2) is 98.1 Å². The average molecular weight is 615 g/mol. The molecule has 10 nitrogen and oxygen atoms in total. The zero-order valence-corrected chi connectivity index (χ0v) is 27.5. The topological polar surface area (TPSA) is 34.1 Å². The predicted molar refractivity (Wildman–Crippen MR) is 192 cm³/mol. The zero-order valence-electron chi connectivity index (χ0n) is 27.5. The lowest BCUT2D eigenvalue weighted by molar-refractivity contribution is 0.494. The number of fused-ring (bicyclic) bond motifs is 3. The van der Waals surface area contributed by atoms with Crippen LogP contribution in [0, 0.1) is 0 Å². The molecule has 0 atom stereocenters. The minimum Gasteiger partial charge on any atom is -0.374 e. The van der Waals surface area contributed by atoms with Crippen molar-refractivity contribution < 1.29 is 0 Å². The molecule has 236 valence electrons. The van der Waals surface area contributed by atoms with Gasteiger partial charge in [0.15, 0.2) is 0 Å². The number of nitrogens with zero attached hydrogens (tertiary/aromatic N) is 10. The second-order valence-corrected chi connectivity index (χ2v) is 13.1. The monoisotopic (exact) mass is 614 g/mol. The molecule has 1 aromatic heterocycles. The summed E-state index contributed by atoms with van der Waals surface area (Å²) in [7, 11) is 12.8. The third kappa shape index (κ3) is 4.63. The molecule has 0 N–H and O–H groups in total. The Morgan fingerprint density at radius 3 is 1.20 bits per heavy atom. The molecule has 0 saturated heterocycles. The lowest BCUT2D eigenvalue weighted by atomic mass is 10.1. The van der Waals surface area contributed by atoms with E-state index in [1.54, 1.807) is 0 Å². The summed E-state index contributed by atoms with van der Waals surface area (Å²) in [6.45, 7) is 3.26. The van der Waals surface area contributed by atoms with Crippen LogP contribution in [-0.4, -0.2) is 93.1 Å². The molecule has 46 heavy (non-hydrogen) atoms. The van der Waals surface area contributed by atoms with E-state index in [2.05, 4.69) is 189 Å². The van der Waals surface area contributed by atoms with Gasteiger partial charge in [-0.2, -0.15) is 0 Å². The molecule has 4 aromatic rings. The minimum absolute atomic E-state index is 0.796. The number of hydrogen-bond acceptors (Lipinski definition) is 9. The first-order valence-electron chi connectivity index (χ1n) is 15.8. The highest BCUT2D eigenvalue weighted by atomic mass is 15.4. The van der Waals surface area contributed by atoms with Crippen LogP contribution in [0.2, 0.25) is 0 Å². The van der Waals surface area contributed by atoms with Gasteiger partial charge in [0.05, 0.1) is 60.5 Å². The summed E-state index contributed by atoms with van der Waals surface area (Å²) in [5, 5.41) is 2.50. The molecule has 0 aliphatic carbocycles. The molecule has 10 heteroatoms. The number of aromatic nitrogens is 1. The molecular formula is C36H42N10. The Labute approximate surface area is 271 Å². The molecule has 8 rings (SSSR count). The molecule has 0 amide bonds. The van der Waals surface area contributed by atoms with Gasteiger partial charge in [-0.15, -0.1) is 0 Å². The Hall–Kier alpha value is -5.38. The van der Waals surface area contributed by atoms with Crippen molar-refractivity contribution in [2.24, 2.45) is 0 Å². The van der Waals surface area contributed by atoms with E-state index in [9.17, 15) is 0 Å². The van der Waals surface area contributed by atoms with E-state index in [0.717, 1.165) is 32.4 Å². The quantitative estimate of drug-likeness (QED) is 0.277.